The number of nitriles is 1. The Kier molecular flexibility index (Phi) is 6.25. The number of unbranched alkanes of at least 4 members (excludes halogenated alkanes) is 2. The van der Waals surface area contributed by atoms with Gasteiger partial charge in [-0.25, -0.2) is 0 Å². The van der Waals surface area contributed by atoms with Crippen LogP contribution in [0.4, 0.5) is 0 Å². The lowest BCUT2D eigenvalue weighted by Crippen LogP contribution is -2.38. The van der Waals surface area contributed by atoms with Gasteiger partial charge in [-0.2, -0.15) is 5.26 Å². The zero-order chi connectivity index (χ0) is 18.7. The van der Waals surface area contributed by atoms with E-state index in [4.69, 9.17) is 0 Å². The average Bonchev–Trinajstić information content (AvgIpc) is 3.28. The van der Waals surface area contributed by atoms with Gasteiger partial charge in [-0.05, 0) is 49.7 Å². The predicted molar refractivity (Wildman–Crippen MR) is 119 cm³/mol. The molecule has 1 nitrogen and oxygen atoms in total. The highest BCUT2D eigenvalue weighted by Crippen LogP contribution is 2.54. The van der Waals surface area contributed by atoms with Gasteiger partial charge in [0.2, 0.25) is 0 Å². The van der Waals surface area contributed by atoms with Crippen LogP contribution < -0.4 is 0 Å². The molecule has 0 spiro atoms. The highest BCUT2D eigenvalue weighted by atomic mass is 32.1. The second-order valence-electron chi connectivity index (χ2n) is 8.99. The van der Waals surface area contributed by atoms with Crippen molar-refractivity contribution in [1.29, 1.82) is 5.26 Å². The number of thiophene rings is 2. The second kappa shape index (κ2) is 8.66. The maximum atomic E-state index is 9.20. The smallest absolute Gasteiger partial charge is 0.110 e. The van der Waals surface area contributed by atoms with Crippen LogP contribution in [0.25, 0.3) is 9.40 Å². The molecule has 3 heteroatoms. The summed E-state index contributed by atoms with van der Waals surface area (Å²) in [5.74, 6) is 1.89. The average molecular weight is 400 g/mol. The Morgan fingerprint density at radius 3 is 2.41 bits per heavy atom. The van der Waals surface area contributed by atoms with Crippen molar-refractivity contribution >= 4 is 32.1 Å². The largest absolute Gasteiger partial charge is 0.192 e. The Hall–Kier alpha value is -0.850. The van der Waals surface area contributed by atoms with Crippen molar-refractivity contribution in [2.24, 2.45) is 11.8 Å². The molecule has 2 aliphatic rings. The van der Waals surface area contributed by atoms with Gasteiger partial charge in [-0.3, -0.25) is 0 Å². The zero-order valence-electron chi connectivity index (χ0n) is 16.8. The fourth-order valence-electron chi connectivity index (χ4n) is 5.86. The van der Waals surface area contributed by atoms with Crippen LogP contribution in [0.1, 0.15) is 100 Å². The van der Waals surface area contributed by atoms with Gasteiger partial charge in [0, 0.05) is 19.7 Å². The lowest BCUT2D eigenvalue weighted by atomic mass is 9.60. The van der Waals surface area contributed by atoms with Gasteiger partial charge in [0.25, 0.3) is 0 Å². The van der Waals surface area contributed by atoms with Gasteiger partial charge in [0.05, 0.1) is 0 Å². The Morgan fingerprint density at radius 1 is 1.00 bits per heavy atom. The van der Waals surface area contributed by atoms with E-state index in [0.717, 1.165) is 16.7 Å². The molecule has 0 saturated heterocycles. The van der Waals surface area contributed by atoms with Crippen molar-refractivity contribution in [2.75, 3.05) is 0 Å². The topological polar surface area (TPSA) is 23.8 Å². The molecule has 2 aromatic rings. The van der Waals surface area contributed by atoms with Crippen LogP contribution in [0.3, 0.4) is 0 Å². The molecule has 0 atom stereocenters. The molecule has 2 saturated carbocycles. The third-order valence-electron chi connectivity index (χ3n) is 7.40. The van der Waals surface area contributed by atoms with Crippen molar-refractivity contribution in [3.63, 3.8) is 0 Å². The number of nitrogens with zero attached hydrogens (tertiary/aromatic N) is 1. The first-order chi connectivity index (χ1) is 13.2. The van der Waals surface area contributed by atoms with Gasteiger partial charge in [-0.15, -0.1) is 22.7 Å². The highest BCUT2D eigenvalue weighted by molar-refractivity contribution is 7.28. The summed E-state index contributed by atoms with van der Waals surface area (Å²) in [6.45, 7) is 2.31. The molecular weight excluding hydrogens is 366 g/mol. The molecule has 0 aliphatic heterocycles. The summed E-state index contributed by atoms with van der Waals surface area (Å²) < 4.78 is 2.70. The van der Waals surface area contributed by atoms with Crippen molar-refractivity contribution < 1.29 is 0 Å². The Bertz CT molecular complexity index is 748. The minimum absolute atomic E-state index is 0.447. The molecule has 0 N–H and O–H groups in total. The minimum Gasteiger partial charge on any atom is -0.192 e. The summed E-state index contributed by atoms with van der Waals surface area (Å²) in [4.78, 5) is 2.52. The van der Waals surface area contributed by atoms with E-state index in [-0.39, 0.29) is 0 Å². The summed E-state index contributed by atoms with van der Waals surface area (Å²) in [6.07, 6.45) is 18.6. The number of hydrogen-bond acceptors (Lipinski definition) is 3. The molecule has 2 fully saturated rings. The minimum atomic E-state index is 0.447. The van der Waals surface area contributed by atoms with E-state index < -0.39 is 0 Å². The van der Waals surface area contributed by atoms with E-state index in [2.05, 4.69) is 25.1 Å². The molecule has 4 rings (SSSR count). The molecule has 0 aromatic carbocycles. The summed E-state index contributed by atoms with van der Waals surface area (Å²) in [7, 11) is 0. The lowest BCUT2D eigenvalue weighted by Gasteiger charge is -2.46. The second-order valence-corrected chi connectivity index (χ2v) is 11.2. The van der Waals surface area contributed by atoms with Crippen LogP contribution in [0, 0.1) is 23.2 Å². The Morgan fingerprint density at radius 2 is 1.74 bits per heavy atom. The van der Waals surface area contributed by atoms with Crippen LogP contribution in [-0.2, 0) is 5.41 Å². The van der Waals surface area contributed by atoms with Crippen molar-refractivity contribution in [2.45, 2.75) is 95.8 Å². The van der Waals surface area contributed by atoms with Crippen LogP contribution in [0.2, 0.25) is 0 Å². The van der Waals surface area contributed by atoms with Crippen molar-refractivity contribution in [3.05, 3.63) is 21.9 Å². The first-order valence-corrected chi connectivity index (χ1v) is 12.8. The molecular formula is C24H33NS2. The Labute approximate surface area is 172 Å². The molecule has 2 aliphatic carbocycles. The van der Waals surface area contributed by atoms with Gasteiger partial charge in [0.1, 0.15) is 10.9 Å². The van der Waals surface area contributed by atoms with Gasteiger partial charge < -0.3 is 0 Å². The van der Waals surface area contributed by atoms with E-state index in [9.17, 15) is 5.26 Å². The molecule has 2 aromatic heterocycles. The van der Waals surface area contributed by atoms with Crippen LogP contribution in [-0.4, -0.2) is 0 Å². The van der Waals surface area contributed by atoms with E-state index >= 15 is 0 Å². The zero-order valence-corrected chi connectivity index (χ0v) is 18.4. The summed E-state index contributed by atoms with van der Waals surface area (Å²) in [6, 6.07) is 6.92. The molecule has 146 valence electrons. The Balaban J connectivity index is 1.52. The van der Waals surface area contributed by atoms with Gasteiger partial charge in [0.15, 0.2) is 0 Å². The first-order valence-electron chi connectivity index (χ1n) is 11.2. The third kappa shape index (κ3) is 3.99. The fraction of sp³-hybridized carbons (Fsp3) is 0.708. The van der Waals surface area contributed by atoms with E-state index in [0.29, 0.717) is 5.41 Å². The van der Waals surface area contributed by atoms with Crippen LogP contribution >= 0.6 is 22.7 Å². The fourth-order valence-corrected chi connectivity index (χ4v) is 8.38. The maximum Gasteiger partial charge on any atom is 0.110 e. The first kappa shape index (κ1) is 19.5. The highest BCUT2D eigenvalue weighted by Gasteiger charge is 2.43. The van der Waals surface area contributed by atoms with Crippen molar-refractivity contribution in [3.8, 4) is 6.07 Å². The molecule has 2 heterocycles. The third-order valence-corrected chi connectivity index (χ3v) is 9.82. The van der Waals surface area contributed by atoms with Crippen LogP contribution in [0.5, 0.6) is 0 Å². The predicted octanol–water partition coefficient (Wildman–Crippen LogP) is 8.42. The maximum absolute atomic E-state index is 9.20. The summed E-state index contributed by atoms with van der Waals surface area (Å²) in [5.41, 5.74) is 0.447. The standard InChI is InChI=1S/C24H33NS2/c1-2-3-5-8-18-9-11-19(12-10-18)24(13-6-4-7-14-24)23-16-22-21(27-23)15-20(17-25)26-22/h15-16,18-19H,2-14H2,1H3/t18-,19-. The van der Waals surface area contributed by atoms with Gasteiger partial charge in [-0.1, -0.05) is 64.7 Å². The quantitative estimate of drug-likeness (QED) is 0.447. The SMILES string of the molecule is CCCCC[C@H]1CC[C@H](C2(c3cc4sc(C#N)cc4s3)CCCCC2)CC1. The molecule has 0 amide bonds. The van der Waals surface area contributed by atoms with Gasteiger partial charge >= 0.3 is 0 Å². The van der Waals surface area contributed by atoms with E-state index in [1.165, 1.54) is 92.9 Å². The molecule has 0 bridgehead atoms. The van der Waals surface area contributed by atoms with E-state index in [1.54, 1.807) is 16.2 Å². The van der Waals surface area contributed by atoms with E-state index in [1.807, 2.05) is 11.3 Å². The number of hydrogen-bond donors (Lipinski definition) is 0. The molecule has 0 unspecified atom stereocenters. The monoisotopic (exact) mass is 399 g/mol. The van der Waals surface area contributed by atoms with Crippen LogP contribution in [0.15, 0.2) is 12.1 Å². The summed E-state index contributed by atoms with van der Waals surface area (Å²) >= 11 is 3.70. The number of rotatable bonds is 6. The number of fused-ring (bicyclic) bond motifs is 1. The lowest BCUT2D eigenvalue weighted by molar-refractivity contribution is 0.127. The van der Waals surface area contributed by atoms with Crippen molar-refractivity contribution in [1.82, 2.24) is 0 Å². The normalized spacial score (nSPS) is 25.5. The molecule has 0 radical (unpaired) electrons. The summed E-state index contributed by atoms with van der Waals surface area (Å²) in [5, 5.41) is 9.20. The molecule has 27 heavy (non-hydrogen) atoms.